The molecule has 2 fully saturated rings. The van der Waals surface area contributed by atoms with Crippen LogP contribution in [0.15, 0.2) is 48.5 Å². The fourth-order valence-corrected chi connectivity index (χ4v) is 4.76. The first-order valence-electron chi connectivity index (χ1n) is 10.1. The highest BCUT2D eigenvalue weighted by atomic mass is 16.5. The predicted molar refractivity (Wildman–Crippen MR) is 110 cm³/mol. The maximum Gasteiger partial charge on any atom is 0.311 e. The summed E-state index contributed by atoms with van der Waals surface area (Å²) in [4.78, 5) is 26.5. The summed E-state index contributed by atoms with van der Waals surface area (Å²) >= 11 is 0. The Morgan fingerprint density at radius 3 is 2.32 bits per heavy atom. The smallest absolute Gasteiger partial charge is 0.311 e. The second kappa shape index (κ2) is 7.78. The zero-order valence-electron chi connectivity index (χ0n) is 16.6. The van der Waals surface area contributed by atoms with Gasteiger partial charge >= 0.3 is 5.97 Å². The summed E-state index contributed by atoms with van der Waals surface area (Å²) in [6, 6.07) is 14.7. The number of esters is 1. The van der Waals surface area contributed by atoms with Gasteiger partial charge in [0.1, 0.15) is 5.75 Å². The molecule has 0 radical (unpaired) electrons. The lowest BCUT2D eigenvalue weighted by Gasteiger charge is -2.20. The van der Waals surface area contributed by atoms with Crippen molar-refractivity contribution in [2.45, 2.75) is 39.0 Å². The number of benzene rings is 2. The summed E-state index contributed by atoms with van der Waals surface area (Å²) in [7, 11) is 1.75. The van der Waals surface area contributed by atoms with Crippen LogP contribution in [0.3, 0.4) is 0 Å². The molecule has 28 heavy (non-hydrogen) atoms. The van der Waals surface area contributed by atoms with Crippen molar-refractivity contribution in [1.29, 1.82) is 0 Å². The van der Waals surface area contributed by atoms with E-state index in [1.165, 1.54) is 25.7 Å². The van der Waals surface area contributed by atoms with Gasteiger partial charge in [0.2, 0.25) is 0 Å². The molecule has 146 valence electrons. The van der Waals surface area contributed by atoms with E-state index in [-0.39, 0.29) is 11.9 Å². The molecule has 0 unspecified atom stereocenters. The van der Waals surface area contributed by atoms with Crippen molar-refractivity contribution >= 4 is 17.6 Å². The van der Waals surface area contributed by atoms with E-state index < -0.39 is 0 Å². The van der Waals surface area contributed by atoms with Gasteiger partial charge in [0.25, 0.3) is 5.91 Å². The normalized spacial score (nSPS) is 22.9. The molecule has 1 amide bonds. The SMILES string of the molecule is Cc1ccc(C(=O)N(C)c2ccc(OC(=O)C[C@@H]3C[C@H]4CC[C@H]3C4)cc2)cc1. The third kappa shape index (κ3) is 3.96. The molecule has 0 spiro atoms. The Bertz CT molecular complexity index is 856. The van der Waals surface area contributed by atoms with Crippen molar-refractivity contribution < 1.29 is 14.3 Å². The minimum Gasteiger partial charge on any atom is -0.427 e. The molecule has 2 aromatic rings. The number of amides is 1. The second-order valence-electron chi connectivity index (χ2n) is 8.34. The number of anilines is 1. The van der Waals surface area contributed by atoms with Gasteiger partial charge in [-0.15, -0.1) is 0 Å². The predicted octanol–water partition coefficient (Wildman–Crippen LogP) is 5.00. The zero-order valence-corrected chi connectivity index (χ0v) is 16.6. The lowest BCUT2D eigenvalue weighted by molar-refractivity contribution is -0.135. The highest BCUT2D eigenvalue weighted by Gasteiger charge is 2.40. The topological polar surface area (TPSA) is 46.6 Å². The molecule has 2 bridgehead atoms. The summed E-state index contributed by atoms with van der Waals surface area (Å²) in [5, 5.41) is 0. The molecule has 0 aromatic heterocycles. The van der Waals surface area contributed by atoms with E-state index >= 15 is 0 Å². The maximum atomic E-state index is 12.6. The summed E-state index contributed by atoms with van der Waals surface area (Å²) in [5.41, 5.74) is 2.53. The van der Waals surface area contributed by atoms with Crippen molar-refractivity contribution in [3.8, 4) is 5.75 Å². The molecule has 2 saturated carbocycles. The van der Waals surface area contributed by atoms with Crippen LogP contribution in [0.25, 0.3) is 0 Å². The van der Waals surface area contributed by atoms with Gasteiger partial charge in [0, 0.05) is 24.7 Å². The Balaban J connectivity index is 1.34. The highest BCUT2D eigenvalue weighted by molar-refractivity contribution is 6.05. The van der Waals surface area contributed by atoms with Crippen molar-refractivity contribution in [3.63, 3.8) is 0 Å². The first-order chi connectivity index (χ1) is 13.5. The van der Waals surface area contributed by atoms with Crippen LogP contribution in [0.1, 0.15) is 48.0 Å². The summed E-state index contributed by atoms with van der Waals surface area (Å²) in [6.45, 7) is 2.00. The lowest BCUT2D eigenvalue weighted by Crippen LogP contribution is -2.26. The van der Waals surface area contributed by atoms with E-state index in [1.807, 2.05) is 43.3 Å². The number of carbonyl (C=O) groups excluding carboxylic acids is 2. The van der Waals surface area contributed by atoms with Crippen LogP contribution in [0, 0.1) is 24.7 Å². The molecule has 0 aliphatic heterocycles. The van der Waals surface area contributed by atoms with Gasteiger partial charge in [0.15, 0.2) is 0 Å². The zero-order chi connectivity index (χ0) is 19.7. The Morgan fingerprint density at radius 1 is 1.00 bits per heavy atom. The van der Waals surface area contributed by atoms with E-state index in [2.05, 4.69) is 0 Å². The molecule has 4 heteroatoms. The lowest BCUT2D eigenvalue weighted by atomic mass is 9.86. The number of fused-ring (bicyclic) bond motifs is 2. The summed E-state index contributed by atoms with van der Waals surface area (Å²) < 4.78 is 5.53. The van der Waals surface area contributed by atoms with Crippen LogP contribution in [0.2, 0.25) is 0 Å². The number of rotatable bonds is 5. The molecule has 0 saturated heterocycles. The average Bonchev–Trinajstić information content (AvgIpc) is 3.31. The fraction of sp³-hybridized carbons (Fsp3) is 0.417. The van der Waals surface area contributed by atoms with Crippen molar-refractivity contribution in [2.24, 2.45) is 17.8 Å². The molecule has 0 N–H and O–H groups in total. The molecular formula is C24H27NO3. The fourth-order valence-electron chi connectivity index (χ4n) is 4.76. The third-order valence-corrected chi connectivity index (χ3v) is 6.37. The monoisotopic (exact) mass is 377 g/mol. The van der Waals surface area contributed by atoms with E-state index in [0.717, 1.165) is 23.1 Å². The Hall–Kier alpha value is -2.62. The average molecular weight is 377 g/mol. The molecule has 0 heterocycles. The standard InChI is InChI=1S/C24H27NO3/c1-16-3-6-18(7-4-16)24(27)25(2)21-9-11-22(12-10-21)28-23(26)15-20-14-17-5-8-19(20)13-17/h3-4,6-7,9-12,17,19-20H,5,8,13-15H2,1-2H3/t17-,19-,20-/m0/s1. The molecule has 4 rings (SSSR count). The summed E-state index contributed by atoms with van der Waals surface area (Å²) in [6.07, 6.45) is 5.62. The van der Waals surface area contributed by atoms with Crippen molar-refractivity contribution in [1.82, 2.24) is 0 Å². The Morgan fingerprint density at radius 2 is 1.71 bits per heavy atom. The minimum absolute atomic E-state index is 0.0685. The summed E-state index contributed by atoms with van der Waals surface area (Å²) in [5.74, 6) is 2.39. The third-order valence-electron chi connectivity index (χ3n) is 6.37. The van der Waals surface area contributed by atoms with Gasteiger partial charge in [-0.2, -0.15) is 0 Å². The van der Waals surface area contributed by atoms with E-state index in [4.69, 9.17) is 4.74 Å². The van der Waals surface area contributed by atoms with Crippen molar-refractivity contribution in [3.05, 3.63) is 59.7 Å². The molecule has 2 aromatic carbocycles. The van der Waals surface area contributed by atoms with Gasteiger partial charge in [-0.1, -0.05) is 24.1 Å². The number of nitrogens with zero attached hydrogens (tertiary/aromatic N) is 1. The van der Waals surface area contributed by atoms with Gasteiger partial charge < -0.3 is 9.64 Å². The number of aryl methyl sites for hydroxylation is 1. The van der Waals surface area contributed by atoms with Crippen molar-refractivity contribution in [2.75, 3.05) is 11.9 Å². The van der Waals surface area contributed by atoms with Crippen LogP contribution in [0.5, 0.6) is 5.75 Å². The highest BCUT2D eigenvalue weighted by Crippen LogP contribution is 2.49. The molecule has 2 aliphatic carbocycles. The molecule has 2 aliphatic rings. The Kier molecular flexibility index (Phi) is 5.21. The minimum atomic E-state index is -0.144. The molecular weight excluding hydrogens is 350 g/mol. The van der Waals surface area contributed by atoms with Gasteiger partial charge in [-0.05, 0) is 80.3 Å². The maximum absolute atomic E-state index is 12.6. The molecule has 3 atom stereocenters. The van der Waals surface area contributed by atoms with Crippen LogP contribution in [-0.4, -0.2) is 18.9 Å². The number of carbonyl (C=O) groups is 2. The van der Waals surface area contributed by atoms with Gasteiger partial charge in [-0.25, -0.2) is 0 Å². The second-order valence-corrected chi connectivity index (χ2v) is 8.34. The number of ether oxygens (including phenoxy) is 1. The van der Waals surface area contributed by atoms with Gasteiger partial charge in [-0.3, -0.25) is 9.59 Å². The quantitative estimate of drug-likeness (QED) is 0.544. The van der Waals surface area contributed by atoms with Crippen LogP contribution in [0.4, 0.5) is 5.69 Å². The van der Waals surface area contributed by atoms with Crippen LogP contribution < -0.4 is 9.64 Å². The first kappa shape index (κ1) is 18.7. The first-order valence-corrected chi connectivity index (χ1v) is 10.1. The largest absolute Gasteiger partial charge is 0.427 e. The number of hydrogen-bond acceptors (Lipinski definition) is 3. The number of hydrogen-bond donors (Lipinski definition) is 0. The van der Waals surface area contributed by atoms with Crippen LogP contribution in [-0.2, 0) is 4.79 Å². The van der Waals surface area contributed by atoms with E-state index in [1.54, 1.807) is 24.1 Å². The van der Waals surface area contributed by atoms with Gasteiger partial charge in [0.05, 0.1) is 0 Å². The van der Waals surface area contributed by atoms with E-state index in [9.17, 15) is 9.59 Å². The molecule has 4 nitrogen and oxygen atoms in total. The Labute approximate surface area is 166 Å². The van der Waals surface area contributed by atoms with Crippen LogP contribution >= 0.6 is 0 Å². The van der Waals surface area contributed by atoms with E-state index in [0.29, 0.717) is 23.7 Å².